The van der Waals surface area contributed by atoms with Crippen molar-refractivity contribution in [1.29, 1.82) is 0 Å². The number of aromatic amines is 1. The molecule has 3 aromatic carbocycles. The van der Waals surface area contributed by atoms with Crippen molar-refractivity contribution in [3.05, 3.63) is 102 Å². The number of fused-ring (bicyclic) bond motifs is 1. The van der Waals surface area contributed by atoms with Crippen LogP contribution in [0.2, 0.25) is 0 Å². The van der Waals surface area contributed by atoms with E-state index in [1.807, 2.05) is 43.3 Å². The lowest BCUT2D eigenvalue weighted by Crippen LogP contribution is -2.60. The first-order chi connectivity index (χ1) is 35.5. The van der Waals surface area contributed by atoms with Crippen LogP contribution >= 0.6 is 0 Å². The van der Waals surface area contributed by atoms with Gasteiger partial charge in [-0.3, -0.25) is 48.1 Å². The Labute approximate surface area is 428 Å². The monoisotopic (exact) mass is 1020 g/mol. The summed E-state index contributed by atoms with van der Waals surface area (Å²) < 4.78 is 0. The van der Waals surface area contributed by atoms with E-state index in [4.69, 9.17) is 17.2 Å². The van der Waals surface area contributed by atoms with Gasteiger partial charge in [0.25, 0.3) is 0 Å². The molecule has 1 unspecified atom stereocenters. The van der Waals surface area contributed by atoms with Gasteiger partial charge in [-0.25, -0.2) is 4.98 Å². The molecule has 15 N–H and O–H groups in total. The van der Waals surface area contributed by atoms with Crippen LogP contribution in [0.25, 0.3) is 10.8 Å². The fourth-order valence-corrected chi connectivity index (χ4v) is 8.38. The molecule has 0 saturated carbocycles. The largest absolute Gasteiger partial charge is 0.370 e. The van der Waals surface area contributed by atoms with Crippen molar-refractivity contribution in [3.63, 3.8) is 0 Å². The molecule has 5 rings (SSSR count). The molecule has 1 saturated heterocycles. The van der Waals surface area contributed by atoms with Gasteiger partial charge in [-0.1, -0.05) is 92.6 Å². The average molecular weight is 1020 g/mol. The highest BCUT2D eigenvalue weighted by molar-refractivity contribution is 5.98. The van der Waals surface area contributed by atoms with Gasteiger partial charge in [-0.05, 0) is 54.0 Å². The number of hydrogen-bond donors (Lipinski definition) is 12. The van der Waals surface area contributed by atoms with Crippen LogP contribution < -0.4 is 59.7 Å². The second-order valence-corrected chi connectivity index (χ2v) is 18.1. The number of hydrogen-bond acceptors (Lipinski definition) is 11. The first-order valence-electron chi connectivity index (χ1n) is 24.7. The van der Waals surface area contributed by atoms with E-state index in [0.29, 0.717) is 29.7 Å². The number of H-pyrrole nitrogens is 1. The van der Waals surface area contributed by atoms with Gasteiger partial charge in [-0.15, -0.1) is 0 Å². The van der Waals surface area contributed by atoms with Gasteiger partial charge in [0.15, 0.2) is 5.96 Å². The third kappa shape index (κ3) is 18.0. The number of rotatable bonds is 19. The lowest BCUT2D eigenvalue weighted by atomic mass is 9.98. The Hall–Kier alpha value is -8.37. The number of unbranched alkanes of at least 4 members (excludes halogenated alkanes) is 1. The number of nitrogens with one attached hydrogen (secondary N) is 9. The van der Waals surface area contributed by atoms with Crippen molar-refractivity contribution in [2.45, 2.75) is 127 Å². The summed E-state index contributed by atoms with van der Waals surface area (Å²) in [6.07, 6.45) is 3.27. The van der Waals surface area contributed by atoms with Crippen LogP contribution in [-0.2, 0) is 62.4 Å². The van der Waals surface area contributed by atoms with Gasteiger partial charge >= 0.3 is 0 Å². The molecule has 1 aromatic heterocycles. The van der Waals surface area contributed by atoms with Crippen LogP contribution in [0, 0.1) is 0 Å². The normalized spacial score (nSPS) is 20.0. The molecule has 1 aliphatic rings. The maximum absolute atomic E-state index is 14.6. The maximum Gasteiger partial charge on any atom is 0.243 e. The van der Waals surface area contributed by atoms with Crippen molar-refractivity contribution in [1.82, 2.24) is 52.5 Å². The van der Waals surface area contributed by atoms with E-state index in [0.717, 1.165) is 10.8 Å². The molecule has 0 aliphatic carbocycles. The van der Waals surface area contributed by atoms with E-state index in [1.165, 1.54) is 19.4 Å². The van der Waals surface area contributed by atoms with Gasteiger partial charge in [0.1, 0.15) is 42.3 Å². The third-order valence-corrected chi connectivity index (χ3v) is 12.3. The third-order valence-electron chi connectivity index (χ3n) is 12.3. The number of nitrogens with zero attached hydrogens (tertiary/aromatic N) is 2. The summed E-state index contributed by atoms with van der Waals surface area (Å²) >= 11 is 0. The summed E-state index contributed by atoms with van der Waals surface area (Å²) in [6.45, 7) is 2.99. The van der Waals surface area contributed by atoms with Gasteiger partial charge in [0, 0.05) is 57.6 Å². The molecule has 0 spiro atoms. The van der Waals surface area contributed by atoms with Crippen molar-refractivity contribution in [2.75, 3.05) is 13.1 Å². The Morgan fingerprint density at radius 1 is 0.757 bits per heavy atom. The van der Waals surface area contributed by atoms with Crippen LogP contribution in [0.1, 0.15) is 82.0 Å². The molecule has 4 aromatic rings. The first kappa shape index (κ1) is 56.5. The molecule has 23 nitrogen and oxygen atoms in total. The van der Waals surface area contributed by atoms with Crippen LogP contribution in [0.15, 0.2) is 90.3 Å². The summed E-state index contributed by atoms with van der Waals surface area (Å²) in [5.74, 6) is -7.02. The second kappa shape index (κ2) is 28.6. The maximum atomic E-state index is 14.6. The van der Waals surface area contributed by atoms with E-state index in [2.05, 4.69) is 57.5 Å². The molecule has 0 bridgehead atoms. The van der Waals surface area contributed by atoms with Crippen molar-refractivity contribution in [3.8, 4) is 0 Å². The number of benzene rings is 3. The fraction of sp³-hybridized carbons (Fsp3) is 0.431. The molecule has 1 fully saturated rings. The highest BCUT2D eigenvalue weighted by atomic mass is 16.2. The van der Waals surface area contributed by atoms with E-state index >= 15 is 0 Å². The number of amides is 9. The van der Waals surface area contributed by atoms with Gasteiger partial charge < -0.3 is 64.7 Å². The predicted molar refractivity (Wildman–Crippen MR) is 275 cm³/mol. The van der Waals surface area contributed by atoms with Crippen molar-refractivity contribution >= 4 is 69.9 Å². The second-order valence-electron chi connectivity index (χ2n) is 18.1. The smallest absolute Gasteiger partial charge is 0.243 e. The molecule has 9 amide bonds. The van der Waals surface area contributed by atoms with E-state index < -0.39 is 95.5 Å². The number of aliphatic imine (C=N–C) groups is 1. The van der Waals surface area contributed by atoms with Crippen LogP contribution in [0.4, 0.5) is 0 Å². The minimum atomic E-state index is -1.44. The number of aromatic nitrogens is 2. The Bertz CT molecular complexity index is 2600. The zero-order valence-electron chi connectivity index (χ0n) is 41.6. The minimum Gasteiger partial charge on any atom is -0.370 e. The highest BCUT2D eigenvalue weighted by Crippen LogP contribution is 2.20. The summed E-state index contributed by atoms with van der Waals surface area (Å²) in [5, 5.41) is 23.3. The van der Waals surface area contributed by atoms with E-state index in [-0.39, 0.29) is 76.8 Å². The van der Waals surface area contributed by atoms with Crippen molar-refractivity contribution < 1.29 is 43.2 Å². The molecular formula is C51H68N14O9. The number of primary amides is 1. The summed E-state index contributed by atoms with van der Waals surface area (Å²) in [7, 11) is 0. The SMILES string of the molecule is CCCC[C@H](NC(C)=O)C(=O)N[C@H]1CCC(=O)NCC[C@@H](C(=O)N[C@@H](Cc2cccc3ccccc23)C(N)=O)NC(=O)C(CCCN=C(N)N)NC(=O)[C@@H](Cc2ccccc2)NC(=O)[C@H](Cc2cnc[nH]2)NC1=O. The van der Waals surface area contributed by atoms with Crippen LogP contribution in [0.3, 0.4) is 0 Å². The number of carbonyl (C=O) groups excluding carboxylic acids is 9. The molecule has 0 radical (unpaired) electrons. The topological polar surface area (TPSA) is 369 Å². The lowest BCUT2D eigenvalue weighted by Gasteiger charge is -2.28. The van der Waals surface area contributed by atoms with Gasteiger partial charge in [-0.2, -0.15) is 0 Å². The average Bonchev–Trinajstić information content (AvgIpc) is 3.89. The summed E-state index contributed by atoms with van der Waals surface area (Å²) in [4.78, 5) is 136. The first-order valence-corrected chi connectivity index (χ1v) is 24.7. The number of carbonyl (C=O) groups is 9. The lowest BCUT2D eigenvalue weighted by molar-refractivity contribution is -0.135. The molecular weight excluding hydrogens is 953 g/mol. The van der Waals surface area contributed by atoms with Crippen LogP contribution in [-0.4, -0.2) is 124 Å². The Morgan fingerprint density at radius 2 is 1.43 bits per heavy atom. The number of imidazole rings is 1. The summed E-state index contributed by atoms with van der Waals surface area (Å²) in [5.41, 5.74) is 18.7. The van der Waals surface area contributed by atoms with E-state index in [9.17, 15) is 43.2 Å². The zero-order valence-corrected chi connectivity index (χ0v) is 41.6. The quantitative estimate of drug-likeness (QED) is 0.0307. The van der Waals surface area contributed by atoms with Crippen molar-refractivity contribution in [2.24, 2.45) is 22.2 Å². The molecule has 1 aliphatic heterocycles. The molecule has 2 heterocycles. The standard InChI is InChI=1S/C51H68N14O9/c1-3-4-18-36(59-30(2)66)45(69)61-38-20-21-43(67)56-24-22-39(48(72)63-40(44(52)68)26-33-16-10-15-32-14-8-9-17-35(32)33)62-46(70)37(19-11-23-57-51(53)54)60-49(73)41(25-31-12-6-5-7-13-31)64-50(74)42(65-47(38)71)27-34-28-55-29-58-34/h5-10,12-17,28-29,36-42H,3-4,11,18-27H2,1-2H3,(H2,52,68)(H,55,58)(H,56,67)(H,59,66)(H,60,73)(H,61,69)(H,62,70)(H,63,72)(H,64,74)(H,65,71)(H4,53,54,57)/t36-,37?,38-,39-,40-,41+,42-/m0/s1. The highest BCUT2D eigenvalue weighted by Gasteiger charge is 2.35. The van der Waals surface area contributed by atoms with Gasteiger partial charge in [0.2, 0.25) is 53.2 Å². The molecule has 23 heteroatoms. The van der Waals surface area contributed by atoms with E-state index in [1.54, 1.807) is 36.4 Å². The van der Waals surface area contributed by atoms with Gasteiger partial charge in [0.05, 0.1) is 6.33 Å². The Morgan fingerprint density at radius 3 is 2.12 bits per heavy atom. The van der Waals surface area contributed by atoms with Crippen LogP contribution in [0.5, 0.6) is 0 Å². The Balaban J connectivity index is 1.52. The molecule has 74 heavy (non-hydrogen) atoms. The number of guanidine groups is 1. The summed E-state index contributed by atoms with van der Waals surface area (Å²) in [6, 6.07) is 12.4. The predicted octanol–water partition coefficient (Wildman–Crippen LogP) is -0.967. The Kier molecular flexibility index (Phi) is 21.9. The zero-order chi connectivity index (χ0) is 53.6. The minimum absolute atomic E-state index is 0.00395. The fourth-order valence-electron chi connectivity index (χ4n) is 8.38. The molecule has 7 atom stereocenters. The number of nitrogens with two attached hydrogens (primary N) is 3. The molecule has 396 valence electrons.